The van der Waals surface area contributed by atoms with Gasteiger partial charge in [0.25, 0.3) is 0 Å². The summed E-state index contributed by atoms with van der Waals surface area (Å²) in [6.07, 6.45) is 0. The van der Waals surface area contributed by atoms with Gasteiger partial charge in [0, 0.05) is 11.1 Å². The molecule has 1 unspecified atom stereocenters. The molecule has 1 atom stereocenters. The van der Waals surface area contributed by atoms with Crippen molar-refractivity contribution in [3.8, 4) is 0 Å². The predicted molar refractivity (Wildman–Crippen MR) is 58.6 cm³/mol. The second-order valence-corrected chi connectivity index (χ2v) is 4.18. The summed E-state index contributed by atoms with van der Waals surface area (Å²) in [6, 6.07) is -0.956. The fourth-order valence-electron chi connectivity index (χ4n) is 1.09. The molecule has 0 aliphatic carbocycles. The van der Waals surface area contributed by atoms with Crippen LogP contribution in [-0.2, 0) is 16.1 Å². The molecule has 1 heterocycles. The third-order valence-corrected chi connectivity index (χ3v) is 2.91. The van der Waals surface area contributed by atoms with Gasteiger partial charge in [0.15, 0.2) is 0 Å². The van der Waals surface area contributed by atoms with Crippen LogP contribution in [0.2, 0.25) is 0 Å². The van der Waals surface area contributed by atoms with Crippen molar-refractivity contribution in [1.29, 1.82) is 0 Å². The lowest BCUT2D eigenvalue weighted by atomic mass is 10.3. The van der Waals surface area contributed by atoms with Gasteiger partial charge in [-0.15, -0.1) is 0 Å². The smallest absolute Gasteiger partial charge is 0.325 e. The Morgan fingerprint density at radius 3 is 2.69 bits per heavy atom. The van der Waals surface area contributed by atoms with Crippen molar-refractivity contribution in [2.45, 2.75) is 26.4 Å². The Hall–Kier alpha value is -1.63. The van der Waals surface area contributed by atoms with Crippen molar-refractivity contribution in [2.75, 3.05) is 0 Å². The number of hydrogen-bond donors (Lipinski definition) is 2. The summed E-state index contributed by atoms with van der Waals surface area (Å²) < 4.78 is 1.30. The van der Waals surface area contributed by atoms with Gasteiger partial charge in [-0.25, -0.2) is 0 Å². The minimum absolute atomic E-state index is 0.147. The van der Waals surface area contributed by atoms with Crippen molar-refractivity contribution in [3.05, 3.63) is 20.7 Å². The molecule has 16 heavy (non-hydrogen) atoms. The summed E-state index contributed by atoms with van der Waals surface area (Å²) >= 11 is 1.01. The van der Waals surface area contributed by atoms with Gasteiger partial charge in [-0.1, -0.05) is 11.3 Å². The number of aromatic nitrogens is 1. The third-order valence-electron chi connectivity index (χ3n) is 2.03. The Kier molecular flexibility index (Phi) is 3.83. The van der Waals surface area contributed by atoms with Gasteiger partial charge < -0.3 is 10.4 Å². The van der Waals surface area contributed by atoms with Crippen LogP contribution >= 0.6 is 11.3 Å². The molecule has 0 saturated carbocycles. The first kappa shape index (κ1) is 12.4. The number of carboxylic acid groups (broad SMARTS) is 1. The summed E-state index contributed by atoms with van der Waals surface area (Å²) in [5.41, 5.74) is 0.688. The molecular formula is C9H12N2O4S. The number of thiazole rings is 1. The van der Waals surface area contributed by atoms with Gasteiger partial charge in [-0.05, 0) is 13.8 Å². The van der Waals surface area contributed by atoms with Crippen LogP contribution in [0.3, 0.4) is 0 Å². The van der Waals surface area contributed by atoms with E-state index < -0.39 is 17.9 Å². The summed E-state index contributed by atoms with van der Waals surface area (Å²) in [7, 11) is 0. The van der Waals surface area contributed by atoms with Gasteiger partial charge in [-0.3, -0.25) is 19.0 Å². The number of carbonyl (C=O) groups is 2. The third kappa shape index (κ3) is 2.93. The fourth-order valence-corrected chi connectivity index (χ4v) is 1.82. The van der Waals surface area contributed by atoms with Gasteiger partial charge >= 0.3 is 10.8 Å². The maximum Gasteiger partial charge on any atom is 0.325 e. The van der Waals surface area contributed by atoms with E-state index in [0.29, 0.717) is 5.69 Å². The van der Waals surface area contributed by atoms with Gasteiger partial charge in [0.05, 0.1) is 0 Å². The Morgan fingerprint density at radius 2 is 2.25 bits per heavy atom. The second-order valence-electron chi connectivity index (χ2n) is 3.36. The number of nitrogens with zero attached hydrogens (tertiary/aromatic N) is 1. The highest BCUT2D eigenvalue weighted by atomic mass is 32.1. The lowest BCUT2D eigenvalue weighted by Gasteiger charge is -2.09. The molecule has 7 heteroatoms. The van der Waals surface area contributed by atoms with E-state index >= 15 is 0 Å². The summed E-state index contributed by atoms with van der Waals surface area (Å²) in [5, 5.41) is 12.5. The van der Waals surface area contributed by atoms with Crippen LogP contribution in [0.15, 0.2) is 10.2 Å². The highest BCUT2D eigenvalue weighted by Gasteiger charge is 2.15. The Labute approximate surface area is 95.5 Å². The van der Waals surface area contributed by atoms with Gasteiger partial charge in [-0.2, -0.15) is 0 Å². The average Bonchev–Trinajstić information content (AvgIpc) is 2.49. The molecule has 6 nitrogen and oxygen atoms in total. The molecule has 0 aromatic carbocycles. The second kappa shape index (κ2) is 4.93. The zero-order valence-corrected chi connectivity index (χ0v) is 9.71. The topological polar surface area (TPSA) is 88.4 Å². The van der Waals surface area contributed by atoms with Crippen LogP contribution in [-0.4, -0.2) is 27.6 Å². The first-order chi connectivity index (χ1) is 7.41. The molecule has 1 aromatic heterocycles. The molecule has 1 aromatic rings. The standard InChI is InChI=1S/C9H12N2O4S/c1-5-4-16-9(15)11(5)3-7(12)10-6(2)8(13)14/h4,6H,3H2,1-2H3,(H,10,12)(H,13,14). The van der Waals surface area contributed by atoms with E-state index in [9.17, 15) is 14.4 Å². The number of carbonyl (C=O) groups excluding carboxylic acids is 1. The number of nitrogens with one attached hydrogen (secondary N) is 1. The molecule has 2 N–H and O–H groups in total. The normalized spacial score (nSPS) is 12.1. The molecule has 1 rings (SSSR count). The molecule has 0 aliphatic heterocycles. The van der Waals surface area contributed by atoms with E-state index in [2.05, 4.69) is 5.32 Å². The number of aryl methyl sites for hydroxylation is 1. The van der Waals surface area contributed by atoms with Crippen molar-refractivity contribution >= 4 is 23.2 Å². The maximum absolute atomic E-state index is 11.4. The lowest BCUT2D eigenvalue weighted by Crippen LogP contribution is -2.41. The van der Waals surface area contributed by atoms with Crippen LogP contribution < -0.4 is 10.2 Å². The van der Waals surface area contributed by atoms with Crippen LogP contribution in [0, 0.1) is 6.92 Å². The van der Waals surface area contributed by atoms with E-state index in [4.69, 9.17) is 5.11 Å². The molecular weight excluding hydrogens is 232 g/mol. The summed E-state index contributed by atoms with van der Waals surface area (Å²) in [5.74, 6) is -1.60. The quantitative estimate of drug-likeness (QED) is 0.768. The Bertz CT molecular complexity index is 462. The highest BCUT2D eigenvalue weighted by molar-refractivity contribution is 7.07. The molecule has 88 valence electrons. The number of carboxylic acids is 1. The fraction of sp³-hybridized carbons (Fsp3) is 0.444. The van der Waals surface area contributed by atoms with Crippen molar-refractivity contribution in [3.63, 3.8) is 0 Å². The summed E-state index contributed by atoms with van der Waals surface area (Å²) in [6.45, 7) is 2.93. The van der Waals surface area contributed by atoms with Crippen molar-refractivity contribution < 1.29 is 14.7 Å². The number of amides is 1. The number of aliphatic carboxylic acids is 1. The zero-order valence-electron chi connectivity index (χ0n) is 8.89. The van der Waals surface area contributed by atoms with Gasteiger partial charge in [0.1, 0.15) is 12.6 Å². The number of hydrogen-bond acceptors (Lipinski definition) is 4. The highest BCUT2D eigenvalue weighted by Crippen LogP contribution is 1.99. The SMILES string of the molecule is Cc1csc(=O)n1CC(=O)NC(C)C(=O)O. The molecule has 0 aliphatic rings. The van der Waals surface area contributed by atoms with Gasteiger partial charge in [0.2, 0.25) is 5.91 Å². The molecule has 1 amide bonds. The van der Waals surface area contributed by atoms with E-state index in [1.165, 1.54) is 11.5 Å². The van der Waals surface area contributed by atoms with Crippen LogP contribution in [0.5, 0.6) is 0 Å². The molecule has 0 fully saturated rings. The minimum atomic E-state index is -1.11. The molecule has 0 saturated heterocycles. The molecule has 0 radical (unpaired) electrons. The van der Waals surface area contributed by atoms with E-state index in [0.717, 1.165) is 11.3 Å². The van der Waals surface area contributed by atoms with E-state index in [1.807, 2.05) is 0 Å². The largest absolute Gasteiger partial charge is 0.480 e. The van der Waals surface area contributed by atoms with Crippen molar-refractivity contribution in [1.82, 2.24) is 9.88 Å². The maximum atomic E-state index is 11.4. The Morgan fingerprint density at radius 1 is 1.62 bits per heavy atom. The van der Waals surface area contributed by atoms with E-state index in [1.54, 1.807) is 12.3 Å². The molecule has 0 spiro atoms. The predicted octanol–water partition coefficient (Wildman–Crippen LogP) is -0.192. The van der Waals surface area contributed by atoms with E-state index in [-0.39, 0.29) is 11.4 Å². The zero-order chi connectivity index (χ0) is 12.3. The number of rotatable bonds is 4. The van der Waals surface area contributed by atoms with Crippen LogP contribution in [0.25, 0.3) is 0 Å². The lowest BCUT2D eigenvalue weighted by molar-refractivity contribution is -0.141. The minimum Gasteiger partial charge on any atom is -0.480 e. The molecule has 0 bridgehead atoms. The Balaban J connectivity index is 2.66. The first-order valence-electron chi connectivity index (χ1n) is 4.59. The first-order valence-corrected chi connectivity index (χ1v) is 5.47. The summed E-state index contributed by atoms with van der Waals surface area (Å²) in [4.78, 5) is 32.9. The average molecular weight is 244 g/mol. The van der Waals surface area contributed by atoms with Crippen LogP contribution in [0.4, 0.5) is 0 Å². The monoisotopic (exact) mass is 244 g/mol. The van der Waals surface area contributed by atoms with Crippen molar-refractivity contribution in [2.24, 2.45) is 0 Å². The van der Waals surface area contributed by atoms with Crippen LogP contribution in [0.1, 0.15) is 12.6 Å².